The zero-order valence-electron chi connectivity index (χ0n) is 13.2. The molecule has 4 nitrogen and oxygen atoms in total. The summed E-state index contributed by atoms with van der Waals surface area (Å²) in [4.78, 5) is 12.4. The molecule has 0 aliphatic heterocycles. The summed E-state index contributed by atoms with van der Waals surface area (Å²) >= 11 is 4.66. The van der Waals surface area contributed by atoms with Crippen molar-refractivity contribution in [2.24, 2.45) is 0 Å². The van der Waals surface area contributed by atoms with E-state index in [2.05, 4.69) is 33.6 Å². The Morgan fingerprint density at radius 2 is 1.80 bits per heavy atom. The fourth-order valence-electron chi connectivity index (χ4n) is 2.79. The number of thiol groups is 1. The van der Waals surface area contributed by atoms with Crippen molar-refractivity contribution in [2.45, 2.75) is 5.25 Å². The first kappa shape index (κ1) is 15.4. The summed E-state index contributed by atoms with van der Waals surface area (Å²) in [5, 5.41) is 9.01. The Hall–Kier alpha value is -3.10. The van der Waals surface area contributed by atoms with Crippen LogP contribution in [-0.4, -0.2) is 15.0 Å². The average Bonchev–Trinajstić information content (AvgIpc) is 3.12. The Morgan fingerprint density at radius 3 is 2.56 bits per heavy atom. The molecule has 0 aliphatic rings. The van der Waals surface area contributed by atoms with E-state index in [0.29, 0.717) is 5.56 Å². The molecule has 0 fully saturated rings. The summed E-state index contributed by atoms with van der Waals surface area (Å²) in [6.07, 6.45) is 1.78. The third-order valence-electron chi connectivity index (χ3n) is 4.11. The molecule has 0 radical (unpaired) electrons. The number of hydrogen-bond donors (Lipinski definition) is 2. The van der Waals surface area contributed by atoms with Gasteiger partial charge in [-0.1, -0.05) is 30.3 Å². The maximum atomic E-state index is 9.26. The van der Waals surface area contributed by atoms with Gasteiger partial charge >= 0.3 is 0 Å². The number of nitriles is 1. The molecule has 0 bridgehead atoms. The van der Waals surface area contributed by atoms with Crippen LogP contribution in [0.15, 0.2) is 66.9 Å². The van der Waals surface area contributed by atoms with Crippen LogP contribution in [0.4, 0.5) is 0 Å². The third-order valence-corrected chi connectivity index (χ3v) is 4.65. The predicted molar refractivity (Wildman–Crippen MR) is 101 cm³/mol. The molecule has 4 aromatic rings. The summed E-state index contributed by atoms with van der Waals surface area (Å²) < 4.78 is 0. The standard InChI is InChI=1S/C20H14N4S/c21-11-13-5-1-2-6-15(13)19(25)18-10-9-14(12-22-18)20-23-16-7-3-4-8-17(16)24-20/h1-10,12,19,25H,(H,23,24). The number of pyridine rings is 1. The Balaban J connectivity index is 1.67. The lowest BCUT2D eigenvalue weighted by atomic mass is 10.0. The summed E-state index contributed by atoms with van der Waals surface area (Å²) in [7, 11) is 0. The summed E-state index contributed by atoms with van der Waals surface area (Å²) in [5.74, 6) is 0.786. The number of rotatable bonds is 3. The first-order valence-corrected chi connectivity index (χ1v) is 8.36. The van der Waals surface area contributed by atoms with Crippen molar-refractivity contribution in [1.29, 1.82) is 5.26 Å². The lowest BCUT2D eigenvalue weighted by Gasteiger charge is -2.12. The zero-order valence-corrected chi connectivity index (χ0v) is 14.1. The molecule has 0 saturated heterocycles. The van der Waals surface area contributed by atoms with Gasteiger partial charge in [0, 0.05) is 11.8 Å². The molecule has 1 unspecified atom stereocenters. The summed E-state index contributed by atoms with van der Waals surface area (Å²) in [6.45, 7) is 0. The second-order valence-electron chi connectivity index (χ2n) is 5.68. The molecule has 0 aliphatic carbocycles. The lowest BCUT2D eigenvalue weighted by Crippen LogP contribution is -1.99. The van der Waals surface area contributed by atoms with E-state index >= 15 is 0 Å². The molecule has 120 valence electrons. The summed E-state index contributed by atoms with van der Waals surface area (Å²) in [5.41, 5.74) is 5.11. The van der Waals surface area contributed by atoms with Crippen LogP contribution in [0.1, 0.15) is 22.1 Å². The van der Waals surface area contributed by atoms with E-state index in [1.54, 1.807) is 12.3 Å². The Labute approximate surface area is 150 Å². The Morgan fingerprint density at radius 1 is 1.00 bits per heavy atom. The molecule has 0 spiro atoms. The maximum absolute atomic E-state index is 9.26. The highest BCUT2D eigenvalue weighted by molar-refractivity contribution is 7.80. The van der Waals surface area contributed by atoms with Gasteiger partial charge in [0.15, 0.2) is 0 Å². The van der Waals surface area contributed by atoms with Crippen molar-refractivity contribution in [3.8, 4) is 17.5 Å². The smallest absolute Gasteiger partial charge is 0.140 e. The SMILES string of the molecule is N#Cc1ccccc1C(S)c1ccc(-c2nc3ccccc3[nH]2)cn1. The number of nitrogens with zero attached hydrogens (tertiary/aromatic N) is 3. The molecule has 5 heteroatoms. The Bertz CT molecular complexity index is 1040. The molecule has 2 aromatic carbocycles. The molecule has 25 heavy (non-hydrogen) atoms. The van der Waals surface area contributed by atoms with Crippen molar-refractivity contribution in [2.75, 3.05) is 0 Å². The number of imidazole rings is 1. The van der Waals surface area contributed by atoms with Gasteiger partial charge in [-0.15, -0.1) is 0 Å². The fourth-order valence-corrected chi connectivity index (χ4v) is 3.17. The normalized spacial score (nSPS) is 12.0. The minimum Gasteiger partial charge on any atom is -0.338 e. The first-order valence-electron chi connectivity index (χ1n) is 7.84. The zero-order chi connectivity index (χ0) is 17.2. The number of fused-ring (bicyclic) bond motifs is 1. The fraction of sp³-hybridized carbons (Fsp3) is 0.0500. The monoisotopic (exact) mass is 342 g/mol. The third kappa shape index (κ3) is 2.88. The second kappa shape index (κ2) is 6.42. The van der Waals surface area contributed by atoms with Crippen molar-refractivity contribution in [3.63, 3.8) is 0 Å². The molecular weight excluding hydrogens is 328 g/mol. The van der Waals surface area contributed by atoms with Crippen molar-refractivity contribution in [3.05, 3.63) is 83.7 Å². The van der Waals surface area contributed by atoms with Gasteiger partial charge in [-0.05, 0) is 35.9 Å². The minimum atomic E-state index is -0.249. The quantitative estimate of drug-likeness (QED) is 0.538. The molecule has 0 saturated carbocycles. The van der Waals surface area contributed by atoms with Gasteiger partial charge < -0.3 is 4.98 Å². The van der Waals surface area contributed by atoms with Crippen LogP contribution in [0, 0.1) is 11.3 Å². The largest absolute Gasteiger partial charge is 0.338 e. The molecule has 2 heterocycles. The van der Waals surface area contributed by atoms with Crippen molar-refractivity contribution in [1.82, 2.24) is 15.0 Å². The second-order valence-corrected chi connectivity index (χ2v) is 6.19. The van der Waals surface area contributed by atoms with Gasteiger partial charge in [0.1, 0.15) is 5.82 Å². The van der Waals surface area contributed by atoms with E-state index in [1.807, 2.05) is 54.6 Å². The topological polar surface area (TPSA) is 65.4 Å². The van der Waals surface area contributed by atoms with E-state index in [-0.39, 0.29) is 5.25 Å². The van der Waals surface area contributed by atoms with Crippen LogP contribution in [-0.2, 0) is 0 Å². The molecule has 2 aromatic heterocycles. The predicted octanol–water partition coefficient (Wildman–Crippen LogP) is 4.52. The molecule has 0 amide bonds. The highest BCUT2D eigenvalue weighted by Crippen LogP contribution is 2.30. The number of aromatic amines is 1. The number of H-pyrrole nitrogens is 1. The van der Waals surface area contributed by atoms with Crippen molar-refractivity contribution >= 4 is 23.7 Å². The lowest BCUT2D eigenvalue weighted by molar-refractivity contribution is 1.05. The van der Waals surface area contributed by atoms with Crippen LogP contribution >= 0.6 is 12.6 Å². The van der Waals surface area contributed by atoms with Crippen molar-refractivity contribution < 1.29 is 0 Å². The van der Waals surface area contributed by atoms with E-state index in [4.69, 9.17) is 0 Å². The van der Waals surface area contributed by atoms with Crippen LogP contribution < -0.4 is 0 Å². The van der Waals surface area contributed by atoms with Crippen LogP contribution in [0.25, 0.3) is 22.4 Å². The van der Waals surface area contributed by atoms with E-state index in [1.165, 1.54) is 0 Å². The highest BCUT2D eigenvalue weighted by Gasteiger charge is 2.15. The van der Waals surface area contributed by atoms with Gasteiger partial charge in [0.05, 0.1) is 33.6 Å². The van der Waals surface area contributed by atoms with Gasteiger partial charge in [-0.25, -0.2) is 4.98 Å². The molecule has 4 rings (SSSR count). The van der Waals surface area contributed by atoms with Crippen LogP contribution in [0.3, 0.4) is 0 Å². The van der Waals surface area contributed by atoms with Gasteiger partial charge in [0.2, 0.25) is 0 Å². The molecular formula is C20H14N4S. The average molecular weight is 342 g/mol. The summed E-state index contributed by atoms with van der Waals surface area (Å²) in [6, 6.07) is 21.5. The number of hydrogen-bond acceptors (Lipinski definition) is 4. The Kier molecular flexibility index (Phi) is 3.96. The van der Waals surface area contributed by atoms with Gasteiger partial charge in [0.25, 0.3) is 0 Å². The molecule has 1 atom stereocenters. The minimum absolute atomic E-state index is 0.249. The maximum Gasteiger partial charge on any atom is 0.140 e. The number of benzene rings is 2. The number of aromatic nitrogens is 3. The highest BCUT2D eigenvalue weighted by atomic mass is 32.1. The van der Waals surface area contributed by atoms with Crippen LogP contribution in [0.5, 0.6) is 0 Å². The number of nitrogens with one attached hydrogen (secondary N) is 1. The van der Waals surface area contributed by atoms with E-state index < -0.39 is 0 Å². The van der Waals surface area contributed by atoms with Crippen LogP contribution in [0.2, 0.25) is 0 Å². The van der Waals surface area contributed by atoms with E-state index in [9.17, 15) is 5.26 Å². The molecule has 1 N–H and O–H groups in total. The van der Waals surface area contributed by atoms with E-state index in [0.717, 1.165) is 33.7 Å². The first-order chi connectivity index (χ1) is 12.3. The van der Waals surface area contributed by atoms with Gasteiger partial charge in [-0.3, -0.25) is 4.98 Å². The number of para-hydroxylation sites is 2. The van der Waals surface area contributed by atoms with Gasteiger partial charge in [-0.2, -0.15) is 17.9 Å².